The summed E-state index contributed by atoms with van der Waals surface area (Å²) in [4.78, 5) is 16.3. The zero-order valence-electron chi connectivity index (χ0n) is 9.27. The molecule has 0 aliphatic carbocycles. The van der Waals surface area contributed by atoms with Gasteiger partial charge in [0, 0.05) is 24.6 Å². The van der Waals surface area contributed by atoms with Crippen LogP contribution in [0.25, 0.3) is 0 Å². The molecule has 0 bridgehead atoms. The summed E-state index contributed by atoms with van der Waals surface area (Å²) >= 11 is 3.23. The summed E-state index contributed by atoms with van der Waals surface area (Å²) in [6.07, 6.45) is 1.54. The lowest BCUT2D eigenvalue weighted by molar-refractivity contribution is -0.384. The minimum Gasteiger partial charge on any atom is -0.369 e. The zero-order chi connectivity index (χ0) is 12.3. The lowest BCUT2D eigenvalue weighted by atomic mass is 10.2. The minimum atomic E-state index is -0.430. The molecule has 0 fully saturated rings. The number of halogens is 1. The second kappa shape index (κ2) is 5.07. The summed E-state index contributed by atoms with van der Waals surface area (Å²) in [5.41, 5.74) is 1.16. The Kier molecular flexibility index (Phi) is 4.00. The molecule has 0 saturated heterocycles. The topological polar surface area (TPSA) is 58.7 Å². The Bertz CT molecular complexity index is 444. The van der Waals surface area contributed by atoms with E-state index >= 15 is 0 Å². The van der Waals surface area contributed by atoms with Crippen LogP contribution in [0.3, 0.4) is 0 Å². The molecule has 1 aromatic carbocycles. The molecule has 86 valence electrons. The normalized spacial score (nSPS) is 10.8. The first-order chi connectivity index (χ1) is 7.41. The minimum absolute atomic E-state index is 0.00461. The molecule has 6 heteroatoms. The average Bonchev–Trinajstić information content (AvgIpc) is 2.14. The van der Waals surface area contributed by atoms with E-state index in [1.807, 2.05) is 14.1 Å². The van der Waals surface area contributed by atoms with Crippen LogP contribution in [0.5, 0.6) is 0 Å². The summed E-state index contributed by atoms with van der Waals surface area (Å²) < 4.78 is 0.681. The molecule has 0 aromatic heterocycles. The van der Waals surface area contributed by atoms with Crippen LogP contribution in [-0.2, 0) is 0 Å². The molecule has 1 aromatic rings. The maximum absolute atomic E-state index is 10.9. The fraction of sp³-hybridized carbons (Fsp3) is 0.300. The van der Waals surface area contributed by atoms with Gasteiger partial charge in [-0.05, 0) is 18.6 Å². The number of nitro benzene ring substituents is 1. The molecule has 16 heavy (non-hydrogen) atoms. The first-order valence-corrected chi connectivity index (χ1v) is 5.36. The Balaban J connectivity index is 3.30. The predicted molar refractivity (Wildman–Crippen MR) is 67.4 cm³/mol. The van der Waals surface area contributed by atoms with E-state index in [0.29, 0.717) is 10.2 Å². The largest absolute Gasteiger partial charge is 0.369 e. The summed E-state index contributed by atoms with van der Waals surface area (Å²) in [5, 5.41) is 10.9. The van der Waals surface area contributed by atoms with Gasteiger partial charge in [-0.1, -0.05) is 15.9 Å². The number of nitrogens with zero attached hydrogens (tertiary/aromatic N) is 3. The summed E-state index contributed by atoms with van der Waals surface area (Å²) in [6, 6.07) is 3.25. The van der Waals surface area contributed by atoms with E-state index in [0.717, 1.165) is 5.56 Å². The fourth-order valence-electron chi connectivity index (χ4n) is 1.20. The van der Waals surface area contributed by atoms with Crippen molar-refractivity contribution < 1.29 is 4.92 Å². The van der Waals surface area contributed by atoms with Gasteiger partial charge in [0.2, 0.25) is 0 Å². The van der Waals surface area contributed by atoms with Crippen molar-refractivity contribution in [1.29, 1.82) is 0 Å². The van der Waals surface area contributed by atoms with E-state index in [1.54, 1.807) is 24.2 Å². The quantitative estimate of drug-likeness (QED) is 0.371. The van der Waals surface area contributed by atoms with Crippen molar-refractivity contribution >= 4 is 33.6 Å². The highest BCUT2D eigenvalue weighted by molar-refractivity contribution is 9.10. The van der Waals surface area contributed by atoms with Crippen molar-refractivity contribution in [2.45, 2.75) is 6.92 Å². The number of nitro groups is 1. The van der Waals surface area contributed by atoms with E-state index in [2.05, 4.69) is 20.9 Å². The molecule has 0 unspecified atom stereocenters. The molecule has 0 aliphatic heterocycles. The number of hydrogen-bond donors (Lipinski definition) is 0. The third-order valence-electron chi connectivity index (χ3n) is 1.86. The Morgan fingerprint density at radius 2 is 2.12 bits per heavy atom. The predicted octanol–water partition coefficient (Wildman–Crippen LogP) is 2.89. The van der Waals surface area contributed by atoms with Gasteiger partial charge in [0.25, 0.3) is 5.69 Å². The molecule has 0 N–H and O–H groups in total. The van der Waals surface area contributed by atoms with Crippen LogP contribution in [-0.4, -0.2) is 30.3 Å². The fourth-order valence-corrected chi connectivity index (χ4v) is 1.76. The Morgan fingerprint density at radius 3 is 2.62 bits per heavy atom. The molecule has 0 spiro atoms. The van der Waals surface area contributed by atoms with Gasteiger partial charge in [-0.3, -0.25) is 10.1 Å². The van der Waals surface area contributed by atoms with Crippen LogP contribution in [0, 0.1) is 17.0 Å². The highest BCUT2D eigenvalue weighted by Crippen LogP contribution is 2.33. The number of aliphatic imine (C=N–C) groups is 1. The van der Waals surface area contributed by atoms with E-state index in [1.165, 1.54) is 6.07 Å². The van der Waals surface area contributed by atoms with E-state index < -0.39 is 4.92 Å². The molecular formula is C10H12BrN3O2. The summed E-state index contributed by atoms with van der Waals surface area (Å²) in [6.45, 7) is 1.79. The van der Waals surface area contributed by atoms with Crippen LogP contribution >= 0.6 is 15.9 Å². The van der Waals surface area contributed by atoms with Crippen molar-refractivity contribution in [3.05, 3.63) is 32.3 Å². The van der Waals surface area contributed by atoms with Crippen molar-refractivity contribution in [3.8, 4) is 0 Å². The second-order valence-electron chi connectivity index (χ2n) is 3.56. The van der Waals surface area contributed by atoms with Gasteiger partial charge in [-0.25, -0.2) is 4.99 Å². The molecule has 0 aliphatic rings. The first-order valence-electron chi connectivity index (χ1n) is 4.57. The monoisotopic (exact) mass is 285 g/mol. The Hall–Kier alpha value is -1.43. The molecule has 0 radical (unpaired) electrons. The molecular weight excluding hydrogens is 274 g/mol. The summed E-state index contributed by atoms with van der Waals surface area (Å²) in [7, 11) is 3.62. The van der Waals surface area contributed by atoms with Gasteiger partial charge in [-0.2, -0.15) is 0 Å². The lowest BCUT2D eigenvalue weighted by Gasteiger charge is -2.05. The van der Waals surface area contributed by atoms with E-state index in [4.69, 9.17) is 0 Å². The zero-order valence-corrected chi connectivity index (χ0v) is 10.9. The van der Waals surface area contributed by atoms with E-state index in [-0.39, 0.29) is 5.69 Å². The second-order valence-corrected chi connectivity index (χ2v) is 4.47. The maximum atomic E-state index is 10.9. The highest BCUT2D eigenvalue weighted by Gasteiger charge is 2.16. The highest BCUT2D eigenvalue weighted by atomic mass is 79.9. The Morgan fingerprint density at radius 1 is 1.50 bits per heavy atom. The maximum Gasteiger partial charge on any atom is 0.296 e. The van der Waals surface area contributed by atoms with Crippen LogP contribution in [0.2, 0.25) is 0 Å². The van der Waals surface area contributed by atoms with Gasteiger partial charge < -0.3 is 4.90 Å². The number of hydrogen-bond acceptors (Lipinski definition) is 3. The summed E-state index contributed by atoms with van der Waals surface area (Å²) in [5.74, 6) is 0. The Labute approximate surface area is 102 Å². The van der Waals surface area contributed by atoms with Gasteiger partial charge in [0.05, 0.1) is 11.3 Å². The van der Waals surface area contributed by atoms with Crippen molar-refractivity contribution in [2.24, 2.45) is 4.99 Å². The van der Waals surface area contributed by atoms with Gasteiger partial charge in [0.15, 0.2) is 0 Å². The molecule has 0 saturated carbocycles. The van der Waals surface area contributed by atoms with Crippen LogP contribution < -0.4 is 0 Å². The van der Waals surface area contributed by atoms with E-state index in [9.17, 15) is 10.1 Å². The van der Waals surface area contributed by atoms with Gasteiger partial charge in [-0.15, -0.1) is 0 Å². The molecule has 5 nitrogen and oxygen atoms in total. The number of benzene rings is 1. The third-order valence-corrected chi connectivity index (χ3v) is 2.32. The van der Waals surface area contributed by atoms with Crippen molar-refractivity contribution in [3.63, 3.8) is 0 Å². The SMILES string of the molecule is Cc1cc(Br)cc([N+](=O)[O-])c1N=CN(C)C. The van der Waals surface area contributed by atoms with Crippen LogP contribution in [0.1, 0.15) is 5.56 Å². The first kappa shape index (κ1) is 12.6. The molecule has 0 amide bonds. The number of aryl methyl sites for hydroxylation is 1. The van der Waals surface area contributed by atoms with Crippen molar-refractivity contribution in [2.75, 3.05) is 14.1 Å². The van der Waals surface area contributed by atoms with Crippen LogP contribution in [0.15, 0.2) is 21.6 Å². The number of rotatable bonds is 3. The van der Waals surface area contributed by atoms with Gasteiger partial charge in [0.1, 0.15) is 5.69 Å². The smallest absolute Gasteiger partial charge is 0.296 e. The van der Waals surface area contributed by atoms with Gasteiger partial charge >= 0.3 is 0 Å². The van der Waals surface area contributed by atoms with Crippen molar-refractivity contribution in [1.82, 2.24) is 4.90 Å². The lowest BCUT2D eigenvalue weighted by Crippen LogP contribution is -2.07. The molecule has 0 atom stereocenters. The van der Waals surface area contributed by atoms with Crippen LogP contribution in [0.4, 0.5) is 11.4 Å². The average molecular weight is 286 g/mol. The standard InChI is InChI=1S/C10H12BrN3O2/c1-7-4-8(11)5-9(14(15)16)10(7)12-6-13(2)3/h4-6H,1-3H3. The molecule has 1 rings (SSSR count). The molecule has 0 heterocycles. The third kappa shape index (κ3) is 3.03.